The maximum Gasteiger partial charge on any atom is 0.416 e. The molecule has 40 heavy (non-hydrogen) atoms. The van der Waals surface area contributed by atoms with Gasteiger partial charge in [0, 0.05) is 31.2 Å². The van der Waals surface area contributed by atoms with Gasteiger partial charge in [0.2, 0.25) is 0 Å². The smallest absolute Gasteiger partial charge is 0.416 e. The van der Waals surface area contributed by atoms with Crippen LogP contribution in [0.2, 0.25) is 25.7 Å². The molecule has 1 N–H and O–H groups in total. The van der Waals surface area contributed by atoms with E-state index in [2.05, 4.69) is 36.5 Å². The molecule has 0 bridgehead atoms. The number of allylic oxidation sites excluding steroid dienone is 1. The molecule has 0 aliphatic heterocycles. The molecular formula is C28H30F3N3O5Si. The van der Waals surface area contributed by atoms with Gasteiger partial charge in [-0.05, 0) is 61.4 Å². The first-order valence-corrected chi connectivity index (χ1v) is 16.5. The number of halogens is 3. The van der Waals surface area contributed by atoms with Gasteiger partial charge in [0.25, 0.3) is 5.56 Å². The molecule has 1 heterocycles. The Kier molecular flexibility index (Phi) is 8.02. The fourth-order valence-corrected chi connectivity index (χ4v) is 5.67. The first kappa shape index (κ1) is 29.2. The van der Waals surface area contributed by atoms with Crippen LogP contribution >= 0.6 is 0 Å². The molecule has 4 rings (SSSR count). The summed E-state index contributed by atoms with van der Waals surface area (Å²) in [6.07, 6.45) is -4.09. The van der Waals surface area contributed by atoms with Crippen LogP contribution in [0.5, 0.6) is 5.75 Å². The van der Waals surface area contributed by atoms with Gasteiger partial charge in [0.1, 0.15) is 11.3 Å². The average Bonchev–Trinajstić information content (AvgIpc) is 3.32. The second-order valence-corrected chi connectivity index (χ2v) is 16.9. The summed E-state index contributed by atoms with van der Waals surface area (Å²) in [5.74, 6) is -3.50. The topological polar surface area (TPSA) is 111 Å². The lowest BCUT2D eigenvalue weighted by atomic mass is 9.83. The van der Waals surface area contributed by atoms with Crippen molar-refractivity contribution >= 4 is 36.4 Å². The molecule has 3 unspecified atom stereocenters. The van der Waals surface area contributed by atoms with Crippen LogP contribution in [-0.4, -0.2) is 46.5 Å². The normalized spacial score (nSPS) is 19.5. The molecule has 0 radical (unpaired) electrons. The van der Waals surface area contributed by atoms with Crippen LogP contribution in [-0.2, 0) is 15.7 Å². The van der Waals surface area contributed by atoms with Crippen molar-refractivity contribution in [1.82, 2.24) is 15.0 Å². The van der Waals surface area contributed by atoms with Gasteiger partial charge in [-0.25, -0.2) is 0 Å². The van der Waals surface area contributed by atoms with Crippen LogP contribution < -0.4 is 5.56 Å². The summed E-state index contributed by atoms with van der Waals surface area (Å²) in [6.45, 7) is 10.5. The first-order chi connectivity index (χ1) is 18.7. The molecule has 1 aliphatic rings. The lowest BCUT2D eigenvalue weighted by Crippen LogP contribution is -2.35. The highest BCUT2D eigenvalue weighted by Gasteiger charge is 2.47. The van der Waals surface area contributed by atoms with Crippen molar-refractivity contribution in [2.24, 2.45) is 17.8 Å². The molecule has 3 aromatic rings. The Morgan fingerprint density at radius 3 is 2.38 bits per heavy atom. The SMILES string of the molecule is C=C(C1CCC(C(=O)c2ccc(O)cc2)C1C(=O)OCC[Si](C)(C)C)n1nnc2ccc(C(F)(F)F)cc2c1=O. The van der Waals surface area contributed by atoms with E-state index >= 15 is 0 Å². The van der Waals surface area contributed by atoms with Crippen molar-refractivity contribution in [3.05, 3.63) is 70.5 Å². The number of alkyl halides is 3. The number of phenolic OH excluding ortho intramolecular Hbond substituents is 1. The number of aromatic hydroxyl groups is 1. The molecule has 8 nitrogen and oxygen atoms in total. The fourth-order valence-electron chi connectivity index (χ4n) is 4.95. The predicted octanol–water partition coefficient (Wildman–Crippen LogP) is 5.39. The monoisotopic (exact) mass is 573 g/mol. The van der Waals surface area contributed by atoms with E-state index in [-0.39, 0.29) is 47.6 Å². The molecule has 1 aliphatic carbocycles. The third-order valence-corrected chi connectivity index (χ3v) is 8.91. The number of phenols is 1. The molecule has 0 amide bonds. The largest absolute Gasteiger partial charge is 0.508 e. The molecule has 0 saturated heterocycles. The van der Waals surface area contributed by atoms with Gasteiger partial charge in [0.15, 0.2) is 5.78 Å². The summed E-state index contributed by atoms with van der Waals surface area (Å²) in [5.41, 5.74) is -1.54. The summed E-state index contributed by atoms with van der Waals surface area (Å²) in [4.78, 5) is 40.2. The summed E-state index contributed by atoms with van der Waals surface area (Å²) < 4.78 is 46.3. The van der Waals surface area contributed by atoms with Gasteiger partial charge >= 0.3 is 12.1 Å². The van der Waals surface area contributed by atoms with E-state index < -0.39 is 49.1 Å². The van der Waals surface area contributed by atoms with Gasteiger partial charge in [-0.2, -0.15) is 17.9 Å². The maximum absolute atomic E-state index is 13.5. The van der Waals surface area contributed by atoms with E-state index in [0.717, 1.165) is 16.8 Å². The van der Waals surface area contributed by atoms with Crippen LogP contribution in [0, 0.1) is 17.8 Å². The standard InChI is InChI=1S/C28H30F3N3O5Si/c1-16(34-26(37)22-15-18(28(29,30)31)7-12-23(22)32-33-34)20-10-11-21(25(36)17-5-8-19(35)9-6-17)24(20)27(38)39-13-14-40(2,3)4/h5-9,12,15,20-21,24,35H,1,10-11,13-14H2,2-4H3. The number of ether oxygens (including phenoxy) is 1. The third-order valence-electron chi connectivity index (χ3n) is 7.20. The highest BCUT2D eigenvalue weighted by molar-refractivity contribution is 6.76. The zero-order chi connectivity index (χ0) is 29.4. The van der Waals surface area contributed by atoms with Crippen LogP contribution in [0.1, 0.15) is 28.8 Å². The van der Waals surface area contributed by atoms with Gasteiger partial charge in [-0.15, -0.1) is 5.10 Å². The Labute approximate surface area is 229 Å². The summed E-state index contributed by atoms with van der Waals surface area (Å²) in [6, 6.07) is 8.99. The molecule has 0 spiro atoms. The number of esters is 1. The number of Topliss-reactive ketones (excluding diaryl/α,β-unsaturated/α-hetero) is 1. The Hall–Kier alpha value is -3.80. The maximum atomic E-state index is 13.5. The van der Waals surface area contributed by atoms with Crippen molar-refractivity contribution in [2.45, 2.75) is 44.7 Å². The van der Waals surface area contributed by atoms with Gasteiger partial charge in [-0.3, -0.25) is 14.4 Å². The zero-order valence-corrected chi connectivity index (χ0v) is 23.4. The number of hydrogen-bond acceptors (Lipinski definition) is 7. The Bertz CT molecular complexity index is 1510. The summed E-state index contributed by atoms with van der Waals surface area (Å²) in [7, 11) is -1.53. The summed E-state index contributed by atoms with van der Waals surface area (Å²) in [5, 5.41) is 17.1. The van der Waals surface area contributed by atoms with Crippen LogP contribution in [0.15, 0.2) is 53.8 Å². The number of fused-ring (bicyclic) bond motifs is 1. The van der Waals surface area contributed by atoms with Gasteiger partial charge in [-0.1, -0.05) is 31.4 Å². The Morgan fingerprint density at radius 2 is 1.75 bits per heavy atom. The van der Waals surface area contributed by atoms with Crippen molar-refractivity contribution in [3.8, 4) is 5.75 Å². The number of benzene rings is 2. The second kappa shape index (κ2) is 11.0. The van der Waals surface area contributed by atoms with Gasteiger partial charge < -0.3 is 9.84 Å². The third kappa shape index (κ3) is 6.16. The fraction of sp³-hybridized carbons (Fsp3) is 0.393. The highest BCUT2D eigenvalue weighted by Crippen LogP contribution is 2.44. The minimum atomic E-state index is -4.66. The van der Waals surface area contributed by atoms with E-state index in [1.807, 2.05) is 0 Å². The molecule has 12 heteroatoms. The molecule has 212 valence electrons. The molecule has 3 atom stereocenters. The number of hydrogen-bond donors (Lipinski definition) is 1. The lowest BCUT2D eigenvalue weighted by molar-refractivity contribution is -0.149. The second-order valence-electron chi connectivity index (χ2n) is 11.2. The van der Waals surface area contributed by atoms with E-state index in [1.54, 1.807) is 0 Å². The van der Waals surface area contributed by atoms with E-state index in [1.165, 1.54) is 24.3 Å². The van der Waals surface area contributed by atoms with E-state index in [0.29, 0.717) is 17.7 Å². The first-order valence-electron chi connectivity index (χ1n) is 12.8. The van der Waals surface area contributed by atoms with Crippen LogP contribution in [0.4, 0.5) is 13.2 Å². The van der Waals surface area contributed by atoms with Crippen LogP contribution in [0.25, 0.3) is 16.6 Å². The van der Waals surface area contributed by atoms with Crippen molar-refractivity contribution < 1.29 is 32.6 Å². The molecular weight excluding hydrogens is 543 g/mol. The van der Waals surface area contributed by atoms with Crippen LogP contribution in [0.3, 0.4) is 0 Å². The average molecular weight is 574 g/mol. The molecule has 1 fully saturated rings. The highest BCUT2D eigenvalue weighted by atomic mass is 28.3. The Balaban J connectivity index is 1.70. The van der Waals surface area contributed by atoms with E-state index in [4.69, 9.17) is 4.74 Å². The molecule has 1 aromatic heterocycles. The summed E-state index contributed by atoms with van der Waals surface area (Å²) >= 11 is 0. The number of rotatable bonds is 8. The lowest BCUT2D eigenvalue weighted by Gasteiger charge is -2.25. The van der Waals surface area contributed by atoms with Gasteiger partial charge in [0.05, 0.1) is 23.5 Å². The quantitative estimate of drug-likeness (QED) is 0.218. The molecule has 2 aromatic carbocycles. The van der Waals surface area contributed by atoms with Crippen molar-refractivity contribution in [1.29, 1.82) is 0 Å². The van der Waals surface area contributed by atoms with E-state index in [9.17, 15) is 32.7 Å². The zero-order valence-electron chi connectivity index (χ0n) is 22.4. The predicted molar refractivity (Wildman–Crippen MR) is 145 cm³/mol. The van der Waals surface area contributed by atoms with Crippen molar-refractivity contribution in [2.75, 3.05) is 6.61 Å². The number of aromatic nitrogens is 3. The number of nitrogens with zero attached hydrogens (tertiary/aromatic N) is 3. The molecule has 1 saturated carbocycles. The number of carbonyl (C=O) groups is 2. The van der Waals surface area contributed by atoms with Crippen molar-refractivity contribution in [3.63, 3.8) is 0 Å². The minimum absolute atomic E-state index is 0.0144. The number of carbonyl (C=O) groups excluding carboxylic acids is 2. The Morgan fingerprint density at radius 1 is 1.10 bits per heavy atom. The minimum Gasteiger partial charge on any atom is -0.508 e. The number of ketones is 1.